The molecule has 1 amide bonds. The first-order valence-corrected chi connectivity index (χ1v) is 9.24. The lowest BCUT2D eigenvalue weighted by atomic mass is 10.2. The molecule has 5 nitrogen and oxygen atoms in total. The van der Waals surface area contributed by atoms with Gasteiger partial charge in [0.2, 0.25) is 11.8 Å². The molecule has 2 rings (SSSR count). The van der Waals surface area contributed by atoms with Crippen LogP contribution in [-0.4, -0.2) is 28.7 Å². The Morgan fingerprint density at radius 1 is 1.31 bits per heavy atom. The van der Waals surface area contributed by atoms with Gasteiger partial charge in [0, 0.05) is 23.2 Å². The molecule has 26 heavy (non-hydrogen) atoms. The first kappa shape index (κ1) is 25.1. The highest BCUT2D eigenvalue weighted by atomic mass is 35.5. The van der Waals surface area contributed by atoms with Crippen LogP contribution in [-0.2, 0) is 10.5 Å². The van der Waals surface area contributed by atoms with Gasteiger partial charge in [-0.3, -0.25) is 4.79 Å². The molecule has 9 heteroatoms. The van der Waals surface area contributed by atoms with E-state index in [1.807, 2.05) is 38.1 Å². The second-order valence-corrected chi connectivity index (χ2v) is 7.40. The molecule has 0 bridgehead atoms. The van der Waals surface area contributed by atoms with Gasteiger partial charge in [0.05, 0.1) is 17.2 Å². The SMILES string of the molecule is CC(N)CCNC(=O)C(C)SCc1ncc(-c2ccc(Cl)cc2)o1.Cl.Cl. The minimum atomic E-state index is -0.177. The average Bonchev–Trinajstić information content (AvgIpc) is 3.01. The highest BCUT2D eigenvalue weighted by molar-refractivity contribution is 7.99. The number of nitrogens with one attached hydrogen (secondary N) is 1. The molecule has 0 aliphatic carbocycles. The molecule has 0 aliphatic rings. The number of rotatable bonds is 8. The number of benzene rings is 1. The van der Waals surface area contributed by atoms with Crippen LogP contribution in [0.25, 0.3) is 11.3 Å². The summed E-state index contributed by atoms with van der Waals surface area (Å²) in [6, 6.07) is 7.47. The lowest BCUT2D eigenvalue weighted by molar-refractivity contribution is -0.120. The first-order chi connectivity index (χ1) is 11.5. The van der Waals surface area contributed by atoms with E-state index >= 15 is 0 Å². The van der Waals surface area contributed by atoms with Crippen LogP contribution < -0.4 is 11.1 Å². The smallest absolute Gasteiger partial charge is 0.232 e. The van der Waals surface area contributed by atoms with Gasteiger partial charge in [0.1, 0.15) is 0 Å². The van der Waals surface area contributed by atoms with Crippen LogP contribution in [0.1, 0.15) is 26.2 Å². The van der Waals surface area contributed by atoms with Crippen molar-refractivity contribution < 1.29 is 9.21 Å². The van der Waals surface area contributed by atoms with Gasteiger partial charge in [-0.1, -0.05) is 11.6 Å². The van der Waals surface area contributed by atoms with E-state index in [0.717, 1.165) is 12.0 Å². The Balaban J connectivity index is 0.00000312. The lowest BCUT2D eigenvalue weighted by Crippen LogP contribution is -2.34. The van der Waals surface area contributed by atoms with Crippen LogP contribution in [0.2, 0.25) is 5.02 Å². The predicted octanol–water partition coefficient (Wildman–Crippen LogP) is 4.31. The fourth-order valence-electron chi connectivity index (χ4n) is 1.96. The zero-order valence-corrected chi connectivity index (χ0v) is 17.8. The molecule has 2 unspecified atom stereocenters. The largest absolute Gasteiger partial charge is 0.440 e. The number of thioether (sulfide) groups is 1. The van der Waals surface area contributed by atoms with Crippen molar-refractivity contribution in [3.05, 3.63) is 41.4 Å². The van der Waals surface area contributed by atoms with Crippen molar-refractivity contribution in [3.8, 4) is 11.3 Å². The van der Waals surface area contributed by atoms with Gasteiger partial charge in [-0.25, -0.2) is 4.98 Å². The summed E-state index contributed by atoms with van der Waals surface area (Å²) in [6.45, 7) is 4.39. The number of hydrogen-bond acceptors (Lipinski definition) is 5. The van der Waals surface area contributed by atoms with Crippen molar-refractivity contribution in [2.45, 2.75) is 37.3 Å². The van der Waals surface area contributed by atoms with E-state index in [1.54, 1.807) is 6.20 Å². The van der Waals surface area contributed by atoms with Gasteiger partial charge < -0.3 is 15.5 Å². The monoisotopic (exact) mass is 439 g/mol. The molecule has 0 saturated carbocycles. The maximum absolute atomic E-state index is 12.0. The maximum atomic E-state index is 12.0. The summed E-state index contributed by atoms with van der Waals surface area (Å²) in [5.41, 5.74) is 6.58. The van der Waals surface area contributed by atoms with E-state index in [-0.39, 0.29) is 42.0 Å². The molecule has 0 saturated heterocycles. The van der Waals surface area contributed by atoms with E-state index in [1.165, 1.54) is 11.8 Å². The topological polar surface area (TPSA) is 81.1 Å². The second kappa shape index (κ2) is 12.5. The maximum Gasteiger partial charge on any atom is 0.232 e. The summed E-state index contributed by atoms with van der Waals surface area (Å²) in [4.78, 5) is 16.2. The zero-order chi connectivity index (χ0) is 17.5. The zero-order valence-electron chi connectivity index (χ0n) is 14.6. The Morgan fingerprint density at radius 3 is 2.58 bits per heavy atom. The molecule has 0 spiro atoms. The summed E-state index contributed by atoms with van der Waals surface area (Å²) in [6.07, 6.45) is 2.46. The molecule has 1 aromatic heterocycles. The van der Waals surface area contributed by atoms with Gasteiger partial charge in [0.25, 0.3) is 0 Å². The van der Waals surface area contributed by atoms with Gasteiger partial charge >= 0.3 is 0 Å². The van der Waals surface area contributed by atoms with E-state index in [4.69, 9.17) is 21.8 Å². The summed E-state index contributed by atoms with van der Waals surface area (Å²) in [5, 5.41) is 3.38. The van der Waals surface area contributed by atoms with Gasteiger partial charge in [-0.05, 0) is 44.5 Å². The van der Waals surface area contributed by atoms with Crippen LogP contribution in [0.5, 0.6) is 0 Å². The molecular weight excluding hydrogens is 417 g/mol. The quantitative estimate of drug-likeness (QED) is 0.639. The van der Waals surface area contributed by atoms with Crippen molar-refractivity contribution in [1.82, 2.24) is 10.3 Å². The molecule has 2 aromatic rings. The third-order valence-corrected chi connectivity index (χ3v) is 4.79. The number of hydrogen-bond donors (Lipinski definition) is 2. The van der Waals surface area contributed by atoms with Gasteiger partial charge in [-0.2, -0.15) is 0 Å². The summed E-state index contributed by atoms with van der Waals surface area (Å²) in [7, 11) is 0. The number of nitrogens with zero attached hydrogens (tertiary/aromatic N) is 1. The molecule has 0 aliphatic heterocycles. The van der Waals surface area contributed by atoms with Crippen LogP contribution in [0.15, 0.2) is 34.9 Å². The molecule has 1 aromatic carbocycles. The Hall–Kier alpha value is -0.920. The Bertz CT molecular complexity index is 666. The Morgan fingerprint density at radius 2 is 1.96 bits per heavy atom. The molecule has 1 heterocycles. The number of carbonyl (C=O) groups is 1. The summed E-state index contributed by atoms with van der Waals surface area (Å²) < 4.78 is 5.73. The third-order valence-electron chi connectivity index (χ3n) is 3.41. The molecular formula is C17H24Cl3N3O2S. The minimum absolute atomic E-state index is 0. The minimum Gasteiger partial charge on any atom is -0.440 e. The van der Waals surface area contributed by atoms with Crippen molar-refractivity contribution in [2.24, 2.45) is 5.73 Å². The normalized spacial score (nSPS) is 12.5. The van der Waals surface area contributed by atoms with Crippen molar-refractivity contribution in [1.29, 1.82) is 0 Å². The Kier molecular flexibility index (Phi) is 12.0. The van der Waals surface area contributed by atoms with Gasteiger partial charge in [-0.15, -0.1) is 36.6 Å². The average molecular weight is 441 g/mol. The number of aromatic nitrogens is 1. The number of oxazole rings is 1. The van der Waals surface area contributed by atoms with Crippen LogP contribution in [0, 0.1) is 0 Å². The number of nitrogens with two attached hydrogens (primary N) is 1. The first-order valence-electron chi connectivity index (χ1n) is 7.81. The number of carbonyl (C=O) groups excluding carboxylic acids is 1. The predicted molar refractivity (Wildman–Crippen MR) is 113 cm³/mol. The standard InChI is InChI=1S/C17H22ClN3O2S.2ClH/c1-11(19)7-8-20-17(22)12(2)24-10-16-21-9-15(23-16)13-3-5-14(18)6-4-13;;/h3-6,9,11-12H,7-8,10,19H2,1-2H3,(H,20,22);2*1H. The highest BCUT2D eigenvalue weighted by Gasteiger charge is 2.15. The van der Waals surface area contributed by atoms with Crippen molar-refractivity contribution in [3.63, 3.8) is 0 Å². The van der Waals surface area contributed by atoms with Crippen LogP contribution in [0.3, 0.4) is 0 Å². The number of halogens is 3. The molecule has 0 radical (unpaired) electrons. The van der Waals surface area contributed by atoms with E-state index < -0.39 is 0 Å². The van der Waals surface area contributed by atoms with Gasteiger partial charge in [0.15, 0.2) is 5.76 Å². The van der Waals surface area contributed by atoms with E-state index in [9.17, 15) is 4.79 Å². The molecule has 146 valence electrons. The molecule has 2 atom stereocenters. The second-order valence-electron chi connectivity index (χ2n) is 5.64. The van der Waals surface area contributed by atoms with Crippen molar-refractivity contribution >= 4 is 54.1 Å². The fourth-order valence-corrected chi connectivity index (χ4v) is 2.85. The Labute approximate surface area is 175 Å². The van der Waals surface area contributed by atoms with Crippen LogP contribution >= 0.6 is 48.2 Å². The van der Waals surface area contributed by atoms with Crippen LogP contribution in [0.4, 0.5) is 0 Å². The number of amides is 1. The highest BCUT2D eigenvalue weighted by Crippen LogP contribution is 2.25. The molecule has 3 N–H and O–H groups in total. The summed E-state index contributed by atoms with van der Waals surface area (Å²) >= 11 is 7.36. The van der Waals surface area contributed by atoms with E-state index in [0.29, 0.717) is 29.0 Å². The lowest BCUT2D eigenvalue weighted by Gasteiger charge is -2.12. The van der Waals surface area contributed by atoms with Crippen molar-refractivity contribution in [2.75, 3.05) is 6.54 Å². The fraction of sp³-hybridized carbons (Fsp3) is 0.412. The molecule has 0 fully saturated rings. The third kappa shape index (κ3) is 8.18. The van der Waals surface area contributed by atoms with E-state index in [2.05, 4.69) is 10.3 Å². The summed E-state index contributed by atoms with van der Waals surface area (Å²) in [5.74, 6) is 1.83.